The number of phenolic OH excluding ortho intramolecular Hbond substituents is 1. The molecule has 0 unspecified atom stereocenters. The molecule has 28 heavy (non-hydrogen) atoms. The van der Waals surface area contributed by atoms with Crippen molar-refractivity contribution in [3.05, 3.63) is 83.4 Å². The zero-order valence-electron chi connectivity index (χ0n) is 15.3. The number of hydrogen-bond donors (Lipinski definition) is 2. The Kier molecular flexibility index (Phi) is 4.75. The summed E-state index contributed by atoms with van der Waals surface area (Å²) >= 11 is 0. The summed E-state index contributed by atoms with van der Waals surface area (Å²) in [6, 6.07) is 19.5. The van der Waals surface area contributed by atoms with Gasteiger partial charge in [0.15, 0.2) is 5.78 Å². The van der Waals surface area contributed by atoms with Gasteiger partial charge in [0.05, 0.1) is 12.5 Å². The molecule has 0 fully saturated rings. The van der Waals surface area contributed by atoms with E-state index in [-0.39, 0.29) is 23.5 Å². The van der Waals surface area contributed by atoms with E-state index in [0.29, 0.717) is 17.2 Å². The number of aromatic hydroxyl groups is 1. The van der Waals surface area contributed by atoms with E-state index in [1.165, 1.54) is 6.07 Å². The lowest BCUT2D eigenvalue weighted by Gasteiger charge is -2.26. The molecular weight excluding hydrogens is 356 g/mol. The van der Waals surface area contributed by atoms with Gasteiger partial charge in [-0.25, -0.2) is 0 Å². The third kappa shape index (κ3) is 3.57. The average molecular weight is 376 g/mol. The molecule has 3 aromatic rings. The van der Waals surface area contributed by atoms with Gasteiger partial charge >= 0.3 is 0 Å². The first-order chi connectivity index (χ1) is 13.5. The van der Waals surface area contributed by atoms with Crippen molar-refractivity contribution < 1.29 is 24.5 Å². The van der Waals surface area contributed by atoms with Gasteiger partial charge in [0, 0.05) is 12.1 Å². The number of phenols is 1. The van der Waals surface area contributed by atoms with Gasteiger partial charge < -0.3 is 19.7 Å². The van der Waals surface area contributed by atoms with E-state index in [2.05, 4.69) is 0 Å². The van der Waals surface area contributed by atoms with E-state index in [1.54, 1.807) is 37.3 Å². The third-order valence-corrected chi connectivity index (χ3v) is 4.74. The minimum atomic E-state index is -0.559. The fourth-order valence-corrected chi connectivity index (χ4v) is 3.28. The smallest absolute Gasteiger partial charge is 0.174 e. The van der Waals surface area contributed by atoms with Crippen molar-refractivity contribution in [2.45, 2.75) is 25.6 Å². The topological polar surface area (TPSA) is 76.0 Å². The molecule has 0 bridgehead atoms. The van der Waals surface area contributed by atoms with Crippen LogP contribution in [0, 0.1) is 0 Å². The van der Waals surface area contributed by atoms with Crippen LogP contribution in [-0.2, 0) is 0 Å². The first kappa shape index (κ1) is 18.1. The van der Waals surface area contributed by atoms with Crippen LogP contribution >= 0.6 is 0 Å². The van der Waals surface area contributed by atoms with Crippen LogP contribution in [0.25, 0.3) is 0 Å². The number of hydrogen-bond acceptors (Lipinski definition) is 5. The van der Waals surface area contributed by atoms with E-state index in [0.717, 1.165) is 11.1 Å². The molecule has 3 aromatic carbocycles. The minimum absolute atomic E-state index is 0.162. The Morgan fingerprint density at radius 1 is 1.04 bits per heavy atom. The van der Waals surface area contributed by atoms with Gasteiger partial charge in [-0.05, 0) is 30.2 Å². The Balaban J connectivity index is 1.62. The molecular formula is C23H20O5. The van der Waals surface area contributed by atoms with Crippen molar-refractivity contribution in [3.8, 4) is 23.0 Å². The predicted molar refractivity (Wildman–Crippen MR) is 104 cm³/mol. The van der Waals surface area contributed by atoms with Crippen LogP contribution in [0.5, 0.6) is 23.0 Å². The lowest BCUT2D eigenvalue weighted by Crippen LogP contribution is -2.20. The number of aliphatic hydroxyl groups is 1. The largest absolute Gasteiger partial charge is 0.507 e. The van der Waals surface area contributed by atoms with Crippen LogP contribution in [0.3, 0.4) is 0 Å². The maximum atomic E-state index is 12.6. The summed E-state index contributed by atoms with van der Waals surface area (Å²) in [5.41, 5.74) is 1.87. The molecule has 1 heterocycles. The molecule has 1 aliphatic heterocycles. The number of Topliss-reactive ketones (excluding diaryl/α,β-unsaturated/α-hetero) is 1. The number of carbonyl (C=O) groups is 1. The van der Waals surface area contributed by atoms with E-state index in [9.17, 15) is 15.0 Å². The zero-order valence-corrected chi connectivity index (χ0v) is 15.3. The van der Waals surface area contributed by atoms with Crippen LogP contribution < -0.4 is 9.47 Å². The lowest BCUT2D eigenvalue weighted by atomic mass is 9.95. The Morgan fingerprint density at radius 3 is 2.43 bits per heavy atom. The number of ketones is 1. The van der Waals surface area contributed by atoms with E-state index >= 15 is 0 Å². The van der Waals surface area contributed by atoms with Crippen LogP contribution in [0.15, 0.2) is 66.7 Å². The first-order valence-electron chi connectivity index (χ1n) is 9.09. The van der Waals surface area contributed by atoms with E-state index in [4.69, 9.17) is 9.47 Å². The standard InChI is InChI=1S/C23H20O5/c1-14(24)15-7-9-17(10-8-15)27-18-11-19(25)23-20(26)13-21(28-22(23)12-18)16-5-3-2-4-6-16/h2-12,14,21,24-25H,13H2,1H3/t14-,21-/m0/s1. The van der Waals surface area contributed by atoms with Gasteiger partial charge in [0.25, 0.3) is 0 Å². The lowest BCUT2D eigenvalue weighted by molar-refractivity contribution is 0.0845. The number of carbonyl (C=O) groups excluding carboxylic acids is 1. The predicted octanol–water partition coefficient (Wildman–Crippen LogP) is 4.94. The summed E-state index contributed by atoms with van der Waals surface area (Å²) in [6.07, 6.45) is -0.789. The highest BCUT2D eigenvalue weighted by Crippen LogP contribution is 2.42. The van der Waals surface area contributed by atoms with Gasteiger partial charge in [0.1, 0.15) is 34.7 Å². The van der Waals surface area contributed by atoms with Crippen molar-refractivity contribution in [1.82, 2.24) is 0 Å². The summed E-state index contributed by atoms with van der Waals surface area (Å²) in [5, 5.41) is 19.9. The van der Waals surface area contributed by atoms with Crippen molar-refractivity contribution in [2.75, 3.05) is 0 Å². The Hall–Kier alpha value is -3.31. The van der Waals surface area contributed by atoms with Crippen LogP contribution in [0.1, 0.15) is 47.0 Å². The summed E-state index contributed by atoms with van der Waals surface area (Å²) < 4.78 is 11.8. The molecule has 0 saturated carbocycles. The van der Waals surface area contributed by atoms with Crippen LogP contribution in [0.2, 0.25) is 0 Å². The van der Waals surface area contributed by atoms with E-state index in [1.807, 2.05) is 30.3 Å². The summed E-state index contributed by atoms with van der Waals surface area (Å²) in [7, 11) is 0. The van der Waals surface area contributed by atoms with Crippen LogP contribution in [0.4, 0.5) is 0 Å². The van der Waals surface area contributed by atoms with Gasteiger partial charge in [-0.15, -0.1) is 0 Å². The Bertz CT molecular complexity index is 994. The second-order valence-electron chi connectivity index (χ2n) is 6.81. The fourth-order valence-electron chi connectivity index (χ4n) is 3.28. The molecule has 0 spiro atoms. The molecule has 5 nitrogen and oxygen atoms in total. The molecule has 2 atom stereocenters. The molecule has 0 aromatic heterocycles. The first-order valence-corrected chi connectivity index (χ1v) is 9.09. The van der Waals surface area contributed by atoms with Gasteiger partial charge in [0.2, 0.25) is 0 Å². The number of benzene rings is 3. The molecule has 0 aliphatic carbocycles. The maximum Gasteiger partial charge on any atom is 0.174 e. The molecule has 2 N–H and O–H groups in total. The van der Waals surface area contributed by atoms with Crippen molar-refractivity contribution in [1.29, 1.82) is 0 Å². The van der Waals surface area contributed by atoms with Gasteiger partial charge in [-0.1, -0.05) is 42.5 Å². The molecule has 142 valence electrons. The summed E-state index contributed by atoms with van der Waals surface area (Å²) in [5.74, 6) is 0.888. The Morgan fingerprint density at radius 2 is 1.75 bits per heavy atom. The highest BCUT2D eigenvalue weighted by atomic mass is 16.5. The molecule has 1 aliphatic rings. The summed E-state index contributed by atoms with van der Waals surface area (Å²) in [6.45, 7) is 1.69. The summed E-state index contributed by atoms with van der Waals surface area (Å²) in [4.78, 5) is 12.6. The zero-order chi connectivity index (χ0) is 19.7. The molecule has 0 radical (unpaired) electrons. The highest BCUT2D eigenvalue weighted by Gasteiger charge is 2.30. The van der Waals surface area contributed by atoms with Crippen molar-refractivity contribution in [2.24, 2.45) is 0 Å². The second kappa shape index (κ2) is 7.37. The number of aliphatic hydroxyl groups excluding tert-OH is 1. The third-order valence-electron chi connectivity index (χ3n) is 4.74. The molecule has 5 heteroatoms. The van der Waals surface area contributed by atoms with Gasteiger partial charge in [-0.2, -0.15) is 0 Å². The normalized spacial score (nSPS) is 16.8. The monoisotopic (exact) mass is 376 g/mol. The fraction of sp³-hybridized carbons (Fsp3) is 0.174. The number of rotatable bonds is 4. The van der Waals surface area contributed by atoms with Crippen molar-refractivity contribution in [3.63, 3.8) is 0 Å². The highest BCUT2D eigenvalue weighted by molar-refractivity contribution is 6.02. The maximum absolute atomic E-state index is 12.6. The average Bonchev–Trinajstić information content (AvgIpc) is 2.68. The van der Waals surface area contributed by atoms with Crippen molar-refractivity contribution >= 4 is 5.78 Å². The van der Waals surface area contributed by atoms with Gasteiger partial charge in [-0.3, -0.25) is 4.79 Å². The SMILES string of the molecule is C[C@H](O)c1ccc(Oc2cc(O)c3c(c2)O[C@H](c2ccccc2)CC3=O)cc1. The number of fused-ring (bicyclic) bond motifs is 1. The van der Waals surface area contributed by atoms with Crippen LogP contribution in [-0.4, -0.2) is 16.0 Å². The number of ether oxygens (including phenoxy) is 2. The Labute approximate surface area is 162 Å². The molecule has 0 saturated heterocycles. The molecule has 0 amide bonds. The minimum Gasteiger partial charge on any atom is -0.507 e. The molecule has 4 rings (SSSR count). The second-order valence-corrected chi connectivity index (χ2v) is 6.81. The quantitative estimate of drug-likeness (QED) is 0.674. The van der Waals surface area contributed by atoms with E-state index < -0.39 is 12.2 Å².